The molecule has 7 heteroatoms. The van der Waals surface area contributed by atoms with Crippen LogP contribution in [0.15, 0.2) is 53.4 Å². The Kier molecular flexibility index (Phi) is 7.95. The van der Waals surface area contributed by atoms with Crippen LogP contribution in [0.1, 0.15) is 30.1 Å². The third-order valence-corrected chi connectivity index (χ3v) is 4.44. The maximum atomic E-state index is 13.5. The Labute approximate surface area is 156 Å². The number of amides is 2. The van der Waals surface area contributed by atoms with E-state index in [1.165, 1.54) is 6.07 Å². The molecule has 2 rings (SSSR count). The van der Waals surface area contributed by atoms with Crippen molar-refractivity contribution in [2.45, 2.75) is 24.7 Å². The molecule has 0 heterocycles. The average molecular weight is 376 g/mol. The van der Waals surface area contributed by atoms with Crippen molar-refractivity contribution in [3.8, 4) is 5.75 Å². The fourth-order valence-corrected chi connectivity index (χ4v) is 2.72. The predicted octanol–water partition coefficient (Wildman–Crippen LogP) is 3.56. The second kappa shape index (κ2) is 10.5. The highest BCUT2D eigenvalue weighted by molar-refractivity contribution is 8.00. The van der Waals surface area contributed by atoms with E-state index in [0.29, 0.717) is 22.8 Å². The summed E-state index contributed by atoms with van der Waals surface area (Å²) in [6.07, 6.45) is 2.02. The Morgan fingerprint density at radius 3 is 2.50 bits per heavy atom. The molecule has 0 aromatic heterocycles. The van der Waals surface area contributed by atoms with Gasteiger partial charge in [-0.1, -0.05) is 25.5 Å². The lowest BCUT2D eigenvalue weighted by molar-refractivity contribution is -0.119. The zero-order valence-corrected chi connectivity index (χ0v) is 15.3. The predicted molar refractivity (Wildman–Crippen MR) is 99.6 cm³/mol. The lowest BCUT2D eigenvalue weighted by atomic mass is 10.2. The van der Waals surface area contributed by atoms with Crippen LogP contribution in [0.2, 0.25) is 0 Å². The molecule has 0 fully saturated rings. The van der Waals surface area contributed by atoms with Crippen LogP contribution in [0.5, 0.6) is 5.75 Å². The van der Waals surface area contributed by atoms with E-state index < -0.39 is 11.8 Å². The summed E-state index contributed by atoms with van der Waals surface area (Å²) in [5.41, 5.74) is 5.05. The van der Waals surface area contributed by atoms with Gasteiger partial charge in [0.05, 0.1) is 12.4 Å². The number of benzene rings is 2. The van der Waals surface area contributed by atoms with Crippen LogP contribution < -0.4 is 15.6 Å². The van der Waals surface area contributed by atoms with Crippen LogP contribution >= 0.6 is 11.8 Å². The lowest BCUT2D eigenvalue weighted by Gasteiger charge is -2.09. The Bertz CT molecular complexity index is 738. The van der Waals surface area contributed by atoms with E-state index in [4.69, 9.17) is 4.74 Å². The van der Waals surface area contributed by atoms with Gasteiger partial charge in [-0.15, -0.1) is 11.8 Å². The van der Waals surface area contributed by atoms with Gasteiger partial charge in [-0.25, -0.2) is 4.39 Å². The summed E-state index contributed by atoms with van der Waals surface area (Å²) in [6.45, 7) is 2.72. The van der Waals surface area contributed by atoms with E-state index in [2.05, 4.69) is 17.8 Å². The van der Waals surface area contributed by atoms with Gasteiger partial charge in [0.15, 0.2) is 0 Å². The van der Waals surface area contributed by atoms with Crippen LogP contribution in [0.3, 0.4) is 0 Å². The fourth-order valence-electron chi connectivity index (χ4n) is 1.98. The largest absolute Gasteiger partial charge is 0.494 e. The maximum Gasteiger partial charge on any atom is 0.269 e. The summed E-state index contributed by atoms with van der Waals surface area (Å²) in [4.78, 5) is 24.2. The molecular formula is C19H21FN2O3S. The van der Waals surface area contributed by atoms with E-state index >= 15 is 0 Å². The SMILES string of the molecule is CCCCOc1ccc(C(=O)NNC(=O)CSc2ccccc2F)cc1. The number of hydrogen-bond donors (Lipinski definition) is 2. The van der Waals surface area contributed by atoms with Crippen molar-refractivity contribution < 1.29 is 18.7 Å². The second-order valence-electron chi connectivity index (χ2n) is 5.45. The highest BCUT2D eigenvalue weighted by Gasteiger charge is 2.09. The molecule has 0 spiro atoms. The van der Waals surface area contributed by atoms with Crippen LogP contribution in [-0.2, 0) is 4.79 Å². The first-order chi connectivity index (χ1) is 12.6. The third kappa shape index (κ3) is 6.40. The average Bonchev–Trinajstić information content (AvgIpc) is 2.66. The summed E-state index contributed by atoms with van der Waals surface area (Å²) in [6, 6.07) is 12.9. The zero-order valence-electron chi connectivity index (χ0n) is 14.5. The standard InChI is InChI=1S/C19H21FN2O3S/c1-2-3-12-25-15-10-8-14(9-11-15)19(24)22-21-18(23)13-26-17-7-5-4-6-16(17)20/h4-11H,2-3,12-13H2,1H3,(H,21,23)(H,22,24). The minimum atomic E-state index is -0.436. The molecule has 0 unspecified atom stereocenters. The van der Waals surface area contributed by atoms with Crippen molar-refractivity contribution in [3.63, 3.8) is 0 Å². The quantitative estimate of drug-likeness (QED) is 0.420. The second-order valence-corrected chi connectivity index (χ2v) is 6.46. The molecule has 5 nitrogen and oxygen atoms in total. The van der Waals surface area contributed by atoms with Crippen molar-refractivity contribution in [1.82, 2.24) is 10.9 Å². The number of ether oxygens (including phenoxy) is 1. The zero-order chi connectivity index (χ0) is 18.8. The van der Waals surface area contributed by atoms with E-state index in [1.807, 2.05) is 0 Å². The summed E-state index contributed by atoms with van der Waals surface area (Å²) in [5, 5.41) is 0. The van der Waals surface area contributed by atoms with Gasteiger partial charge in [0.25, 0.3) is 5.91 Å². The van der Waals surface area contributed by atoms with E-state index in [0.717, 1.165) is 24.6 Å². The van der Waals surface area contributed by atoms with Crippen LogP contribution in [0.25, 0.3) is 0 Å². The summed E-state index contributed by atoms with van der Waals surface area (Å²) < 4.78 is 19.0. The van der Waals surface area contributed by atoms with Gasteiger partial charge in [0.1, 0.15) is 11.6 Å². The molecule has 138 valence electrons. The molecule has 0 aliphatic rings. The molecule has 0 saturated carbocycles. The van der Waals surface area contributed by atoms with Crippen molar-refractivity contribution in [2.75, 3.05) is 12.4 Å². The van der Waals surface area contributed by atoms with E-state index in [-0.39, 0.29) is 11.6 Å². The molecule has 0 saturated heterocycles. The summed E-state index contributed by atoms with van der Waals surface area (Å²) in [5.74, 6) is -0.554. The molecule has 0 bridgehead atoms. The minimum Gasteiger partial charge on any atom is -0.494 e. The number of thioether (sulfide) groups is 1. The molecule has 0 aliphatic carbocycles. The summed E-state index contributed by atoms with van der Waals surface area (Å²) in [7, 11) is 0. The molecular weight excluding hydrogens is 355 g/mol. The Morgan fingerprint density at radius 2 is 1.81 bits per heavy atom. The Balaban J connectivity index is 1.75. The van der Waals surface area contributed by atoms with Gasteiger partial charge in [-0.2, -0.15) is 0 Å². The van der Waals surface area contributed by atoms with Gasteiger partial charge in [0, 0.05) is 10.5 Å². The highest BCUT2D eigenvalue weighted by atomic mass is 32.2. The van der Waals surface area contributed by atoms with Gasteiger partial charge in [-0.05, 0) is 42.8 Å². The molecule has 2 amide bonds. The minimum absolute atomic E-state index is 0.00851. The Hall–Kier alpha value is -2.54. The number of carbonyl (C=O) groups is 2. The lowest BCUT2D eigenvalue weighted by Crippen LogP contribution is -2.42. The van der Waals surface area contributed by atoms with Gasteiger partial charge >= 0.3 is 0 Å². The van der Waals surface area contributed by atoms with E-state index in [1.54, 1.807) is 42.5 Å². The number of rotatable bonds is 8. The van der Waals surface area contributed by atoms with Crippen molar-refractivity contribution in [2.24, 2.45) is 0 Å². The number of carbonyl (C=O) groups excluding carboxylic acids is 2. The number of unbranched alkanes of at least 4 members (excludes halogenated alkanes) is 1. The number of hydrogen-bond acceptors (Lipinski definition) is 4. The summed E-state index contributed by atoms with van der Waals surface area (Å²) >= 11 is 1.06. The van der Waals surface area contributed by atoms with Gasteiger partial charge in [-0.3, -0.25) is 20.4 Å². The monoisotopic (exact) mass is 376 g/mol. The number of hydrazine groups is 1. The number of halogens is 1. The molecule has 0 radical (unpaired) electrons. The normalized spacial score (nSPS) is 10.2. The van der Waals surface area contributed by atoms with Crippen LogP contribution in [0, 0.1) is 5.82 Å². The van der Waals surface area contributed by atoms with Gasteiger partial charge < -0.3 is 4.74 Å². The van der Waals surface area contributed by atoms with Crippen LogP contribution in [-0.4, -0.2) is 24.2 Å². The molecule has 2 aromatic carbocycles. The maximum absolute atomic E-state index is 13.5. The third-order valence-electron chi connectivity index (χ3n) is 3.39. The first kappa shape index (κ1) is 19.8. The van der Waals surface area contributed by atoms with Crippen molar-refractivity contribution >= 4 is 23.6 Å². The Morgan fingerprint density at radius 1 is 1.08 bits per heavy atom. The fraction of sp³-hybridized carbons (Fsp3) is 0.263. The molecule has 0 atom stereocenters. The topological polar surface area (TPSA) is 67.4 Å². The van der Waals surface area contributed by atoms with Crippen LogP contribution in [0.4, 0.5) is 4.39 Å². The van der Waals surface area contributed by atoms with E-state index in [9.17, 15) is 14.0 Å². The molecule has 26 heavy (non-hydrogen) atoms. The highest BCUT2D eigenvalue weighted by Crippen LogP contribution is 2.20. The molecule has 0 aliphatic heterocycles. The first-order valence-corrected chi connectivity index (χ1v) is 9.28. The van der Waals surface area contributed by atoms with Gasteiger partial charge in [0.2, 0.25) is 5.91 Å². The first-order valence-electron chi connectivity index (χ1n) is 8.29. The number of nitrogens with one attached hydrogen (secondary N) is 2. The van der Waals surface area contributed by atoms with Crippen molar-refractivity contribution in [1.29, 1.82) is 0 Å². The smallest absolute Gasteiger partial charge is 0.269 e. The van der Waals surface area contributed by atoms with Crippen molar-refractivity contribution in [3.05, 3.63) is 59.9 Å². The molecule has 2 aromatic rings. The molecule has 2 N–H and O–H groups in total.